The van der Waals surface area contributed by atoms with E-state index in [0.29, 0.717) is 11.8 Å². The first-order valence-electron chi connectivity index (χ1n) is 5.76. The molecule has 0 aromatic heterocycles. The first-order valence-corrected chi connectivity index (χ1v) is 5.76. The third-order valence-electron chi connectivity index (χ3n) is 3.75. The number of aliphatic hydroxyl groups excluding tert-OH is 1. The van der Waals surface area contributed by atoms with Crippen LogP contribution in [0.15, 0.2) is 12.7 Å². The Morgan fingerprint density at radius 3 is 2.57 bits per heavy atom. The average Bonchev–Trinajstić information content (AvgIpc) is 2.02. The Kier molecular flexibility index (Phi) is 3.77. The highest BCUT2D eigenvalue weighted by molar-refractivity contribution is 4.91. The average molecular weight is 196 g/mol. The molecule has 14 heavy (non-hydrogen) atoms. The summed E-state index contributed by atoms with van der Waals surface area (Å²) in [5.41, 5.74) is 0.210. The second kappa shape index (κ2) is 4.48. The monoisotopic (exact) mass is 196 g/mol. The van der Waals surface area contributed by atoms with Crippen LogP contribution in [0, 0.1) is 17.3 Å². The predicted octanol–water partition coefficient (Wildman–Crippen LogP) is 3.39. The molecule has 0 aliphatic heterocycles. The molecule has 1 aliphatic carbocycles. The molecule has 0 radical (unpaired) electrons. The number of allylic oxidation sites excluding steroid dienone is 1. The van der Waals surface area contributed by atoms with Crippen molar-refractivity contribution in [1.29, 1.82) is 0 Å². The summed E-state index contributed by atoms with van der Waals surface area (Å²) >= 11 is 0. The van der Waals surface area contributed by atoms with Crippen molar-refractivity contribution in [2.75, 3.05) is 0 Å². The maximum atomic E-state index is 10.1. The molecule has 1 saturated carbocycles. The molecule has 0 aromatic carbocycles. The number of hydrogen-bond donors (Lipinski definition) is 1. The van der Waals surface area contributed by atoms with Crippen molar-refractivity contribution in [2.24, 2.45) is 17.3 Å². The van der Waals surface area contributed by atoms with Gasteiger partial charge in [0.25, 0.3) is 0 Å². The topological polar surface area (TPSA) is 20.2 Å². The van der Waals surface area contributed by atoms with Gasteiger partial charge in [0.15, 0.2) is 0 Å². The number of aliphatic hydroxyl groups is 1. The molecule has 1 heteroatoms. The molecule has 1 fully saturated rings. The summed E-state index contributed by atoms with van der Waals surface area (Å²) in [6, 6.07) is 0. The molecule has 1 aliphatic rings. The summed E-state index contributed by atoms with van der Waals surface area (Å²) in [5, 5.41) is 10.1. The van der Waals surface area contributed by atoms with Crippen molar-refractivity contribution >= 4 is 0 Å². The van der Waals surface area contributed by atoms with Gasteiger partial charge >= 0.3 is 0 Å². The van der Waals surface area contributed by atoms with Gasteiger partial charge in [0.1, 0.15) is 0 Å². The van der Waals surface area contributed by atoms with E-state index >= 15 is 0 Å². The van der Waals surface area contributed by atoms with Gasteiger partial charge in [0.2, 0.25) is 0 Å². The maximum Gasteiger partial charge on any atom is 0.0576 e. The van der Waals surface area contributed by atoms with Crippen LogP contribution in [-0.4, -0.2) is 11.2 Å². The Morgan fingerprint density at radius 1 is 1.43 bits per heavy atom. The molecule has 1 rings (SSSR count). The fourth-order valence-electron chi connectivity index (χ4n) is 2.79. The van der Waals surface area contributed by atoms with Gasteiger partial charge in [-0.25, -0.2) is 0 Å². The van der Waals surface area contributed by atoms with Crippen molar-refractivity contribution < 1.29 is 5.11 Å². The Hall–Kier alpha value is -0.300. The molecule has 82 valence electrons. The van der Waals surface area contributed by atoms with E-state index < -0.39 is 0 Å². The molecule has 0 spiro atoms. The molecule has 1 nitrogen and oxygen atoms in total. The molecule has 0 bridgehead atoms. The van der Waals surface area contributed by atoms with Crippen LogP contribution >= 0.6 is 0 Å². The van der Waals surface area contributed by atoms with Gasteiger partial charge in [-0.1, -0.05) is 33.3 Å². The molecular formula is C13H24O. The highest BCUT2D eigenvalue weighted by atomic mass is 16.3. The van der Waals surface area contributed by atoms with Crippen LogP contribution in [-0.2, 0) is 0 Å². The zero-order valence-corrected chi connectivity index (χ0v) is 9.79. The minimum absolute atomic E-state index is 0.103. The molecule has 0 aromatic rings. The van der Waals surface area contributed by atoms with Gasteiger partial charge in [0, 0.05) is 0 Å². The lowest BCUT2D eigenvalue weighted by molar-refractivity contribution is -0.0115. The molecule has 0 unspecified atom stereocenters. The van der Waals surface area contributed by atoms with Crippen molar-refractivity contribution in [1.82, 2.24) is 0 Å². The first-order chi connectivity index (χ1) is 6.47. The summed E-state index contributed by atoms with van der Waals surface area (Å²) in [7, 11) is 0. The lowest BCUT2D eigenvalue weighted by atomic mass is 9.66. The number of hydrogen-bond acceptors (Lipinski definition) is 1. The Labute approximate surface area is 88.2 Å². The zero-order valence-electron chi connectivity index (χ0n) is 9.79. The minimum Gasteiger partial charge on any atom is -0.393 e. The summed E-state index contributed by atoms with van der Waals surface area (Å²) in [6.45, 7) is 10.5. The van der Waals surface area contributed by atoms with Crippen LogP contribution in [0.3, 0.4) is 0 Å². The van der Waals surface area contributed by atoms with E-state index in [9.17, 15) is 5.11 Å². The first kappa shape index (κ1) is 11.8. The van der Waals surface area contributed by atoms with Gasteiger partial charge in [-0.05, 0) is 36.5 Å². The smallest absolute Gasteiger partial charge is 0.0576 e. The normalized spacial score (nSPS) is 34.1. The lowest BCUT2D eigenvalue weighted by Crippen LogP contribution is -2.38. The third kappa shape index (κ3) is 2.60. The van der Waals surface area contributed by atoms with E-state index in [1.807, 2.05) is 6.08 Å². The fourth-order valence-corrected chi connectivity index (χ4v) is 2.79. The van der Waals surface area contributed by atoms with Gasteiger partial charge in [-0.3, -0.25) is 0 Å². The van der Waals surface area contributed by atoms with E-state index in [1.165, 1.54) is 12.8 Å². The Bertz CT molecular complexity index is 195. The third-order valence-corrected chi connectivity index (χ3v) is 3.75. The lowest BCUT2D eigenvalue weighted by Gasteiger charge is -2.41. The molecule has 1 N–H and O–H groups in total. The van der Waals surface area contributed by atoms with Crippen LogP contribution in [0.5, 0.6) is 0 Å². The molecule has 0 heterocycles. The largest absolute Gasteiger partial charge is 0.393 e. The number of rotatable bonds is 3. The predicted molar refractivity (Wildman–Crippen MR) is 61.1 cm³/mol. The maximum absolute atomic E-state index is 10.1. The highest BCUT2D eigenvalue weighted by Gasteiger charge is 2.37. The molecular weight excluding hydrogens is 172 g/mol. The molecule has 0 amide bonds. The van der Waals surface area contributed by atoms with Crippen LogP contribution in [0.1, 0.15) is 46.5 Å². The fraction of sp³-hybridized carbons (Fsp3) is 0.846. The Morgan fingerprint density at radius 2 is 2.07 bits per heavy atom. The summed E-state index contributed by atoms with van der Waals surface area (Å²) in [6.07, 6.45) is 6.29. The quantitative estimate of drug-likeness (QED) is 0.686. The summed E-state index contributed by atoms with van der Waals surface area (Å²) < 4.78 is 0. The molecule has 3 atom stereocenters. The van der Waals surface area contributed by atoms with Crippen molar-refractivity contribution in [3.8, 4) is 0 Å². The zero-order chi connectivity index (χ0) is 10.8. The second-order valence-corrected chi connectivity index (χ2v) is 5.57. The second-order valence-electron chi connectivity index (χ2n) is 5.57. The van der Waals surface area contributed by atoms with Crippen LogP contribution in [0.2, 0.25) is 0 Å². The van der Waals surface area contributed by atoms with E-state index in [2.05, 4.69) is 27.4 Å². The van der Waals surface area contributed by atoms with Crippen LogP contribution in [0.4, 0.5) is 0 Å². The van der Waals surface area contributed by atoms with Gasteiger partial charge < -0.3 is 5.11 Å². The van der Waals surface area contributed by atoms with Gasteiger partial charge in [-0.15, -0.1) is 6.58 Å². The van der Waals surface area contributed by atoms with Crippen molar-refractivity contribution in [2.45, 2.75) is 52.6 Å². The standard InChI is InChI=1S/C13H24O/c1-5-8-13(3,4)11-7-6-10(2)9-12(11)14/h5,10-12,14H,1,6-9H2,2-4H3/t10-,11-,12+/m1/s1. The van der Waals surface area contributed by atoms with Gasteiger partial charge in [-0.2, -0.15) is 0 Å². The van der Waals surface area contributed by atoms with Crippen LogP contribution in [0.25, 0.3) is 0 Å². The Balaban J connectivity index is 2.62. The van der Waals surface area contributed by atoms with Crippen molar-refractivity contribution in [3.05, 3.63) is 12.7 Å². The van der Waals surface area contributed by atoms with E-state index in [4.69, 9.17) is 0 Å². The van der Waals surface area contributed by atoms with E-state index in [0.717, 1.165) is 12.8 Å². The minimum atomic E-state index is -0.103. The SMILES string of the molecule is C=CCC(C)(C)[C@@H]1CC[C@@H](C)C[C@@H]1O. The van der Waals surface area contributed by atoms with Gasteiger partial charge in [0.05, 0.1) is 6.10 Å². The van der Waals surface area contributed by atoms with Crippen LogP contribution < -0.4 is 0 Å². The highest BCUT2D eigenvalue weighted by Crippen LogP contribution is 2.42. The molecule has 0 saturated heterocycles. The van der Waals surface area contributed by atoms with E-state index in [1.54, 1.807) is 0 Å². The summed E-state index contributed by atoms with van der Waals surface area (Å²) in [5.74, 6) is 1.15. The van der Waals surface area contributed by atoms with E-state index in [-0.39, 0.29) is 11.5 Å². The summed E-state index contributed by atoms with van der Waals surface area (Å²) in [4.78, 5) is 0. The van der Waals surface area contributed by atoms with Crippen molar-refractivity contribution in [3.63, 3.8) is 0 Å².